The number of hydrogen-bond donors (Lipinski definition) is 2. The van der Waals surface area contributed by atoms with E-state index in [2.05, 4.69) is 4.98 Å². The summed E-state index contributed by atoms with van der Waals surface area (Å²) in [7, 11) is 0. The van der Waals surface area contributed by atoms with Crippen LogP contribution in [0.2, 0.25) is 0 Å². The van der Waals surface area contributed by atoms with E-state index < -0.39 is 17.6 Å². The molecule has 4 nitrogen and oxygen atoms in total. The van der Waals surface area contributed by atoms with Crippen molar-refractivity contribution in [1.82, 2.24) is 10.4 Å². The number of amides is 1. The number of hydrogen-bond acceptors (Lipinski definition) is 4. The van der Waals surface area contributed by atoms with Gasteiger partial charge in [-0.2, -0.15) is 13.2 Å². The largest absolute Gasteiger partial charge is 0.416 e. The van der Waals surface area contributed by atoms with E-state index in [9.17, 15) is 18.0 Å². The summed E-state index contributed by atoms with van der Waals surface area (Å²) in [5.74, 6) is 4.29. The molecule has 0 spiro atoms. The van der Waals surface area contributed by atoms with E-state index >= 15 is 0 Å². The highest BCUT2D eigenvalue weighted by atomic mass is 32.1. The molecule has 17 heavy (non-hydrogen) atoms. The molecule has 0 aliphatic heterocycles. The van der Waals surface area contributed by atoms with Crippen LogP contribution in [-0.2, 0) is 6.18 Å². The number of halogens is 3. The van der Waals surface area contributed by atoms with Crippen LogP contribution >= 0.6 is 11.3 Å². The molecule has 0 bridgehead atoms. The van der Waals surface area contributed by atoms with Crippen molar-refractivity contribution in [2.75, 3.05) is 0 Å². The Kier molecular flexibility index (Phi) is 2.76. The molecule has 0 saturated heterocycles. The number of carbonyl (C=O) groups is 1. The van der Waals surface area contributed by atoms with Gasteiger partial charge in [-0.3, -0.25) is 10.2 Å². The zero-order valence-corrected chi connectivity index (χ0v) is 9.02. The molecule has 0 aliphatic carbocycles. The Morgan fingerprint density at radius 1 is 1.41 bits per heavy atom. The van der Waals surface area contributed by atoms with Crippen molar-refractivity contribution in [3.63, 3.8) is 0 Å². The lowest BCUT2D eigenvalue weighted by atomic mass is 10.2. The van der Waals surface area contributed by atoms with Gasteiger partial charge in [0.25, 0.3) is 5.91 Å². The number of carbonyl (C=O) groups excluding carboxylic acids is 1. The van der Waals surface area contributed by atoms with Crippen molar-refractivity contribution in [2.24, 2.45) is 5.84 Å². The van der Waals surface area contributed by atoms with Crippen LogP contribution in [0, 0.1) is 0 Å². The first-order valence-corrected chi connectivity index (χ1v) is 5.22. The number of nitrogen functional groups attached to an aromatic ring is 1. The quantitative estimate of drug-likeness (QED) is 0.468. The Balaban J connectivity index is 2.52. The molecule has 0 unspecified atom stereocenters. The Morgan fingerprint density at radius 2 is 2.12 bits per heavy atom. The minimum Gasteiger partial charge on any atom is -0.288 e. The van der Waals surface area contributed by atoms with Crippen molar-refractivity contribution in [2.45, 2.75) is 6.18 Å². The third-order valence-electron chi connectivity index (χ3n) is 2.04. The number of benzene rings is 1. The number of fused-ring (bicyclic) bond motifs is 1. The summed E-state index contributed by atoms with van der Waals surface area (Å²) in [4.78, 5) is 14.9. The van der Waals surface area contributed by atoms with Crippen molar-refractivity contribution >= 4 is 27.5 Å². The average Bonchev–Trinajstić information content (AvgIpc) is 2.69. The van der Waals surface area contributed by atoms with Gasteiger partial charge in [-0.25, -0.2) is 10.8 Å². The fraction of sp³-hybridized carbons (Fsp3) is 0.111. The smallest absolute Gasteiger partial charge is 0.288 e. The first-order chi connectivity index (χ1) is 7.91. The van der Waals surface area contributed by atoms with Crippen LogP contribution in [0.25, 0.3) is 10.2 Å². The van der Waals surface area contributed by atoms with E-state index in [1.807, 2.05) is 5.43 Å². The van der Waals surface area contributed by atoms with Gasteiger partial charge in [0.2, 0.25) is 0 Å². The van der Waals surface area contributed by atoms with Crippen molar-refractivity contribution in [1.29, 1.82) is 0 Å². The molecular weight excluding hydrogens is 255 g/mol. The first-order valence-electron chi connectivity index (χ1n) is 4.40. The second-order valence-electron chi connectivity index (χ2n) is 3.17. The summed E-state index contributed by atoms with van der Waals surface area (Å²) in [6.07, 6.45) is -4.42. The van der Waals surface area contributed by atoms with Gasteiger partial charge in [-0.1, -0.05) is 0 Å². The Labute approximate surface area is 97.2 Å². The van der Waals surface area contributed by atoms with Gasteiger partial charge in [-0.15, -0.1) is 11.3 Å². The van der Waals surface area contributed by atoms with Gasteiger partial charge in [0, 0.05) is 0 Å². The van der Waals surface area contributed by atoms with E-state index in [1.54, 1.807) is 0 Å². The van der Waals surface area contributed by atoms with Crippen LogP contribution in [0.1, 0.15) is 15.4 Å². The van der Waals surface area contributed by atoms with Crippen molar-refractivity contribution < 1.29 is 18.0 Å². The average molecular weight is 261 g/mol. The third-order valence-corrected chi connectivity index (χ3v) is 3.08. The normalized spacial score (nSPS) is 11.8. The summed E-state index contributed by atoms with van der Waals surface area (Å²) in [6, 6.07) is 3.13. The fourth-order valence-electron chi connectivity index (χ4n) is 1.26. The number of alkyl halides is 3. The zero-order chi connectivity index (χ0) is 12.6. The van der Waals surface area contributed by atoms with Crippen LogP contribution in [0.4, 0.5) is 13.2 Å². The second kappa shape index (κ2) is 3.97. The van der Waals surface area contributed by atoms with Gasteiger partial charge in [-0.05, 0) is 18.2 Å². The third kappa shape index (κ3) is 2.22. The molecule has 8 heteroatoms. The molecule has 2 rings (SSSR count). The number of thiazole rings is 1. The van der Waals surface area contributed by atoms with E-state index in [-0.39, 0.29) is 10.5 Å². The summed E-state index contributed by atoms with van der Waals surface area (Å²) in [6.45, 7) is 0. The van der Waals surface area contributed by atoms with Gasteiger partial charge in [0.05, 0.1) is 15.8 Å². The lowest BCUT2D eigenvalue weighted by Gasteiger charge is -2.04. The van der Waals surface area contributed by atoms with E-state index in [4.69, 9.17) is 5.84 Å². The number of nitrogens with two attached hydrogens (primary N) is 1. The molecular formula is C9H6F3N3OS. The number of nitrogens with zero attached hydrogens (tertiary/aromatic N) is 1. The zero-order valence-electron chi connectivity index (χ0n) is 8.21. The highest BCUT2D eigenvalue weighted by Gasteiger charge is 2.30. The van der Waals surface area contributed by atoms with Crippen LogP contribution in [-0.4, -0.2) is 10.9 Å². The molecule has 90 valence electrons. The molecule has 0 aliphatic rings. The number of hydrazine groups is 1. The van der Waals surface area contributed by atoms with Crippen molar-refractivity contribution in [3.8, 4) is 0 Å². The second-order valence-corrected chi connectivity index (χ2v) is 4.20. The maximum atomic E-state index is 12.4. The Hall–Kier alpha value is -1.67. The molecule has 0 atom stereocenters. The highest BCUT2D eigenvalue weighted by molar-refractivity contribution is 7.20. The van der Waals surface area contributed by atoms with Crippen LogP contribution in [0.3, 0.4) is 0 Å². The minimum absolute atomic E-state index is 0.0295. The van der Waals surface area contributed by atoms with E-state index in [1.165, 1.54) is 6.07 Å². The molecule has 1 aromatic carbocycles. The van der Waals surface area contributed by atoms with E-state index in [0.29, 0.717) is 4.70 Å². The van der Waals surface area contributed by atoms with Crippen LogP contribution in [0.15, 0.2) is 18.2 Å². The maximum absolute atomic E-state index is 12.4. The predicted molar refractivity (Wildman–Crippen MR) is 56.3 cm³/mol. The summed E-state index contributed by atoms with van der Waals surface area (Å²) < 4.78 is 37.8. The van der Waals surface area contributed by atoms with Crippen LogP contribution < -0.4 is 11.3 Å². The lowest BCUT2D eigenvalue weighted by Crippen LogP contribution is -2.29. The molecule has 0 radical (unpaired) electrons. The van der Waals surface area contributed by atoms with Gasteiger partial charge in [0.15, 0.2) is 5.01 Å². The molecule has 2 aromatic rings. The SMILES string of the molecule is NNC(=O)c1nc2cc(C(F)(F)F)ccc2s1. The minimum atomic E-state index is -4.42. The lowest BCUT2D eigenvalue weighted by molar-refractivity contribution is -0.137. The van der Waals surface area contributed by atoms with Crippen LogP contribution in [0.5, 0.6) is 0 Å². The molecule has 1 heterocycles. The first kappa shape index (κ1) is 11.8. The fourth-order valence-corrected chi connectivity index (χ4v) is 2.11. The number of nitrogens with one attached hydrogen (secondary N) is 1. The van der Waals surface area contributed by atoms with Gasteiger partial charge in [0.1, 0.15) is 0 Å². The molecule has 1 aromatic heterocycles. The van der Waals surface area contributed by atoms with E-state index in [0.717, 1.165) is 23.5 Å². The Bertz CT molecular complexity index is 578. The summed E-state index contributed by atoms with van der Waals surface area (Å²) in [5.41, 5.74) is 1.21. The highest BCUT2D eigenvalue weighted by Crippen LogP contribution is 2.32. The van der Waals surface area contributed by atoms with Gasteiger partial charge >= 0.3 is 6.18 Å². The number of rotatable bonds is 1. The molecule has 0 saturated carbocycles. The molecule has 3 N–H and O–H groups in total. The summed E-state index contributed by atoms with van der Waals surface area (Å²) in [5, 5.41) is 0.0295. The van der Waals surface area contributed by atoms with Gasteiger partial charge < -0.3 is 0 Å². The standard InChI is InChI=1S/C9H6F3N3OS/c10-9(11,12)4-1-2-6-5(3-4)14-8(17-6)7(16)15-13/h1-3H,13H2,(H,15,16). The summed E-state index contributed by atoms with van der Waals surface area (Å²) >= 11 is 0.979. The maximum Gasteiger partial charge on any atom is 0.416 e. The number of aromatic nitrogens is 1. The molecule has 0 fully saturated rings. The monoisotopic (exact) mass is 261 g/mol. The predicted octanol–water partition coefficient (Wildman–Crippen LogP) is 1.92. The Morgan fingerprint density at radius 3 is 2.71 bits per heavy atom. The molecule has 1 amide bonds. The topological polar surface area (TPSA) is 68.0 Å². The van der Waals surface area contributed by atoms with Crippen molar-refractivity contribution in [3.05, 3.63) is 28.8 Å².